The summed E-state index contributed by atoms with van der Waals surface area (Å²) in [5, 5.41) is 0. The van der Waals surface area contributed by atoms with E-state index in [-0.39, 0.29) is 5.43 Å². The highest BCUT2D eigenvalue weighted by Crippen LogP contribution is 1.90. The van der Waals surface area contributed by atoms with Crippen LogP contribution < -0.4 is 5.43 Å². The van der Waals surface area contributed by atoms with Crippen molar-refractivity contribution in [1.29, 1.82) is 0 Å². The van der Waals surface area contributed by atoms with Crippen LogP contribution in [0.5, 0.6) is 0 Å². The minimum Gasteiger partial charge on any atom is -0.380 e. The van der Waals surface area contributed by atoms with Gasteiger partial charge in [-0.3, -0.25) is 4.79 Å². The molecule has 3 heteroatoms. The van der Waals surface area contributed by atoms with Gasteiger partial charge in [0, 0.05) is 37.7 Å². The predicted octanol–water partition coefficient (Wildman–Crippen LogP) is 1.67. The van der Waals surface area contributed by atoms with Gasteiger partial charge in [-0.2, -0.15) is 0 Å². The zero-order chi connectivity index (χ0) is 10.2. The molecule has 3 nitrogen and oxygen atoms in total. The van der Waals surface area contributed by atoms with Crippen LogP contribution in [0.2, 0.25) is 0 Å². The summed E-state index contributed by atoms with van der Waals surface area (Å²) >= 11 is 0. The molecule has 0 aliphatic carbocycles. The topological polar surface area (TPSA) is 31.2 Å². The number of aromatic nitrogens is 1. The maximum absolute atomic E-state index is 10.8. The summed E-state index contributed by atoms with van der Waals surface area (Å²) < 4.78 is 7.36. The summed E-state index contributed by atoms with van der Waals surface area (Å²) in [6, 6.07) is 3.12. The lowest BCUT2D eigenvalue weighted by atomic mass is 10.4. The zero-order valence-corrected chi connectivity index (χ0v) is 8.61. The molecule has 0 amide bonds. The lowest BCUT2D eigenvalue weighted by Crippen LogP contribution is -2.08. The van der Waals surface area contributed by atoms with Crippen LogP contribution in [0.1, 0.15) is 19.8 Å². The largest absolute Gasteiger partial charge is 0.380 e. The molecule has 0 fully saturated rings. The van der Waals surface area contributed by atoms with Crippen molar-refractivity contribution in [2.45, 2.75) is 26.3 Å². The molecule has 78 valence electrons. The maximum Gasteiger partial charge on any atom is 0.181 e. The molecule has 0 unspecified atom stereocenters. The number of unbranched alkanes of at least 4 members (excludes halogenated alkanes) is 1. The molecule has 1 aromatic rings. The standard InChI is InChI=1S/C11H17NO2/c1-2-3-9-14-10-8-12-6-4-11(13)5-7-12/h4-7H,2-3,8-10H2,1H3. The van der Waals surface area contributed by atoms with Gasteiger partial charge in [-0.05, 0) is 6.42 Å². The van der Waals surface area contributed by atoms with Crippen molar-refractivity contribution in [2.24, 2.45) is 0 Å². The van der Waals surface area contributed by atoms with Crippen LogP contribution in [0.3, 0.4) is 0 Å². The Bertz CT molecular complexity index is 286. The molecule has 0 saturated carbocycles. The lowest BCUT2D eigenvalue weighted by Gasteiger charge is -2.06. The fraction of sp³-hybridized carbons (Fsp3) is 0.545. The third kappa shape index (κ3) is 4.23. The molecular weight excluding hydrogens is 178 g/mol. The van der Waals surface area contributed by atoms with Crippen molar-refractivity contribution in [1.82, 2.24) is 4.57 Å². The molecule has 0 aromatic carbocycles. The van der Waals surface area contributed by atoms with Gasteiger partial charge >= 0.3 is 0 Å². The van der Waals surface area contributed by atoms with E-state index in [2.05, 4.69) is 6.92 Å². The maximum atomic E-state index is 10.8. The number of hydrogen-bond acceptors (Lipinski definition) is 2. The minimum atomic E-state index is 0.0492. The smallest absolute Gasteiger partial charge is 0.181 e. The summed E-state index contributed by atoms with van der Waals surface area (Å²) in [6.07, 6.45) is 5.85. The summed E-state index contributed by atoms with van der Waals surface area (Å²) in [7, 11) is 0. The summed E-state index contributed by atoms with van der Waals surface area (Å²) in [5.74, 6) is 0. The van der Waals surface area contributed by atoms with E-state index in [1.165, 1.54) is 0 Å². The third-order valence-electron chi connectivity index (χ3n) is 2.00. The Balaban J connectivity index is 2.18. The highest BCUT2D eigenvalue weighted by molar-refractivity contribution is 4.93. The first-order chi connectivity index (χ1) is 6.83. The van der Waals surface area contributed by atoms with Crippen molar-refractivity contribution in [3.63, 3.8) is 0 Å². The monoisotopic (exact) mass is 195 g/mol. The lowest BCUT2D eigenvalue weighted by molar-refractivity contribution is 0.123. The van der Waals surface area contributed by atoms with Crippen LogP contribution in [0.15, 0.2) is 29.3 Å². The Labute approximate surface area is 84.3 Å². The highest BCUT2D eigenvalue weighted by Gasteiger charge is 1.90. The van der Waals surface area contributed by atoms with E-state index in [9.17, 15) is 4.79 Å². The van der Waals surface area contributed by atoms with Crippen LogP contribution in [-0.4, -0.2) is 17.8 Å². The molecule has 1 aromatic heterocycles. The van der Waals surface area contributed by atoms with E-state index in [0.29, 0.717) is 6.61 Å². The quantitative estimate of drug-likeness (QED) is 0.646. The van der Waals surface area contributed by atoms with E-state index >= 15 is 0 Å². The Morgan fingerprint density at radius 3 is 2.64 bits per heavy atom. The third-order valence-corrected chi connectivity index (χ3v) is 2.00. The van der Waals surface area contributed by atoms with Crippen LogP contribution in [-0.2, 0) is 11.3 Å². The average Bonchev–Trinajstić information content (AvgIpc) is 2.21. The van der Waals surface area contributed by atoms with Gasteiger partial charge in [0.15, 0.2) is 5.43 Å². The molecule has 0 saturated heterocycles. The van der Waals surface area contributed by atoms with Gasteiger partial charge in [0.1, 0.15) is 0 Å². The molecular formula is C11H17NO2. The molecule has 14 heavy (non-hydrogen) atoms. The van der Waals surface area contributed by atoms with Crippen LogP contribution in [0.25, 0.3) is 0 Å². The van der Waals surface area contributed by atoms with Crippen molar-refractivity contribution in [3.05, 3.63) is 34.7 Å². The SMILES string of the molecule is CCCCOCCn1ccc(=O)cc1. The first-order valence-corrected chi connectivity index (χ1v) is 5.07. The first kappa shape index (κ1) is 11.0. The van der Waals surface area contributed by atoms with Crippen molar-refractivity contribution in [2.75, 3.05) is 13.2 Å². The van der Waals surface area contributed by atoms with Gasteiger partial charge in [0.25, 0.3) is 0 Å². The number of pyridine rings is 1. The summed E-state index contributed by atoms with van der Waals surface area (Å²) in [4.78, 5) is 10.8. The van der Waals surface area contributed by atoms with E-state index in [1.54, 1.807) is 24.5 Å². The van der Waals surface area contributed by atoms with E-state index in [4.69, 9.17) is 4.74 Å². The Morgan fingerprint density at radius 1 is 1.29 bits per heavy atom. The number of ether oxygens (including phenoxy) is 1. The second-order valence-corrected chi connectivity index (χ2v) is 3.24. The molecule has 0 bridgehead atoms. The molecule has 0 aliphatic rings. The van der Waals surface area contributed by atoms with Crippen molar-refractivity contribution in [3.8, 4) is 0 Å². The number of hydrogen-bond donors (Lipinski definition) is 0. The molecule has 0 spiro atoms. The molecule has 0 aliphatic heterocycles. The average molecular weight is 195 g/mol. The minimum absolute atomic E-state index is 0.0492. The molecule has 1 rings (SSSR count). The van der Waals surface area contributed by atoms with Gasteiger partial charge in [0.05, 0.1) is 6.61 Å². The van der Waals surface area contributed by atoms with Crippen molar-refractivity contribution >= 4 is 0 Å². The van der Waals surface area contributed by atoms with Gasteiger partial charge in [-0.25, -0.2) is 0 Å². The van der Waals surface area contributed by atoms with E-state index in [0.717, 1.165) is 26.0 Å². The molecule has 1 heterocycles. The van der Waals surface area contributed by atoms with Gasteiger partial charge in [0.2, 0.25) is 0 Å². The van der Waals surface area contributed by atoms with Gasteiger partial charge < -0.3 is 9.30 Å². The van der Waals surface area contributed by atoms with Crippen molar-refractivity contribution < 1.29 is 4.74 Å². The number of rotatable bonds is 6. The van der Waals surface area contributed by atoms with Crippen LogP contribution in [0, 0.1) is 0 Å². The molecule has 0 N–H and O–H groups in total. The fourth-order valence-electron chi connectivity index (χ4n) is 1.11. The summed E-state index contributed by atoms with van der Waals surface area (Å²) in [5.41, 5.74) is 0.0492. The van der Waals surface area contributed by atoms with E-state index < -0.39 is 0 Å². The zero-order valence-electron chi connectivity index (χ0n) is 8.61. The Hall–Kier alpha value is -1.09. The summed E-state index contributed by atoms with van der Waals surface area (Å²) in [6.45, 7) is 4.49. The highest BCUT2D eigenvalue weighted by atomic mass is 16.5. The molecule has 0 radical (unpaired) electrons. The van der Waals surface area contributed by atoms with Crippen LogP contribution >= 0.6 is 0 Å². The van der Waals surface area contributed by atoms with Gasteiger partial charge in [-0.1, -0.05) is 13.3 Å². The fourth-order valence-corrected chi connectivity index (χ4v) is 1.11. The first-order valence-electron chi connectivity index (χ1n) is 5.07. The number of nitrogens with zero attached hydrogens (tertiary/aromatic N) is 1. The van der Waals surface area contributed by atoms with E-state index in [1.807, 2.05) is 4.57 Å². The van der Waals surface area contributed by atoms with Gasteiger partial charge in [-0.15, -0.1) is 0 Å². The van der Waals surface area contributed by atoms with Crippen LogP contribution in [0.4, 0.5) is 0 Å². The molecule has 0 atom stereocenters. The Morgan fingerprint density at radius 2 is 2.00 bits per heavy atom. The predicted molar refractivity (Wildman–Crippen MR) is 56.4 cm³/mol. The Kier molecular flexibility index (Phi) is 5.00. The normalized spacial score (nSPS) is 10.4. The second kappa shape index (κ2) is 6.38. The second-order valence-electron chi connectivity index (χ2n) is 3.24.